The summed E-state index contributed by atoms with van der Waals surface area (Å²) in [6.45, 7) is -1.12. The predicted molar refractivity (Wildman–Crippen MR) is 110 cm³/mol. The number of anilines is 2. The Bertz CT molecular complexity index is 900. The third-order valence-electron chi connectivity index (χ3n) is 4.46. The zero-order valence-corrected chi connectivity index (χ0v) is 17.1. The molecule has 0 saturated carbocycles. The number of nitrogens with one attached hydrogen (secondary N) is 2. The van der Waals surface area contributed by atoms with Crippen LogP contribution in [0.4, 0.5) is 19.5 Å². The van der Waals surface area contributed by atoms with E-state index in [0.29, 0.717) is 26.9 Å². The van der Waals surface area contributed by atoms with Crippen molar-refractivity contribution in [2.24, 2.45) is 0 Å². The molecule has 0 radical (unpaired) electrons. The molecule has 2 aromatic rings. The summed E-state index contributed by atoms with van der Waals surface area (Å²) in [6.07, 6.45) is 3.93. The highest BCUT2D eigenvalue weighted by atomic mass is 32.1. The third kappa shape index (κ3) is 4.59. The smallest absolute Gasteiger partial charge is 0.387 e. The van der Waals surface area contributed by atoms with Gasteiger partial charge in [0.15, 0.2) is 5.11 Å². The molecule has 1 aliphatic carbocycles. The van der Waals surface area contributed by atoms with Crippen molar-refractivity contribution in [2.45, 2.75) is 39.2 Å². The molecule has 0 bridgehead atoms. The Labute approximate surface area is 171 Å². The number of thiocarbonyl (C=S) groups is 1. The van der Waals surface area contributed by atoms with Gasteiger partial charge in [-0.25, -0.2) is 4.79 Å². The summed E-state index contributed by atoms with van der Waals surface area (Å²) in [7, 11) is 1.36. The van der Waals surface area contributed by atoms with E-state index in [9.17, 15) is 13.6 Å². The number of esters is 1. The van der Waals surface area contributed by atoms with Crippen LogP contribution in [0.2, 0.25) is 0 Å². The number of methoxy groups -OCH3 is 1. The Hall–Kier alpha value is -2.26. The molecule has 2 N–H and O–H groups in total. The molecule has 150 valence electrons. The SMILES string of the molecule is COC(=O)c1c(NC(=S)Nc2ccc(OC(F)F)cc2C)sc2c1CCCC2. The van der Waals surface area contributed by atoms with Gasteiger partial charge in [0.2, 0.25) is 0 Å². The Morgan fingerprint density at radius 1 is 1.25 bits per heavy atom. The highest BCUT2D eigenvalue weighted by molar-refractivity contribution is 7.80. The van der Waals surface area contributed by atoms with Gasteiger partial charge in [0, 0.05) is 10.6 Å². The monoisotopic (exact) mass is 426 g/mol. The van der Waals surface area contributed by atoms with Crippen LogP contribution < -0.4 is 15.4 Å². The van der Waals surface area contributed by atoms with Crippen molar-refractivity contribution >= 4 is 45.3 Å². The third-order valence-corrected chi connectivity index (χ3v) is 5.87. The average Bonchev–Trinajstić information content (AvgIpc) is 3.00. The second-order valence-corrected chi connectivity index (χ2v) is 7.85. The fourth-order valence-corrected chi connectivity index (χ4v) is 4.74. The Morgan fingerprint density at radius 2 is 2.00 bits per heavy atom. The van der Waals surface area contributed by atoms with Crippen LogP contribution in [0, 0.1) is 6.92 Å². The molecule has 0 aliphatic heterocycles. The highest BCUT2D eigenvalue weighted by Crippen LogP contribution is 2.38. The van der Waals surface area contributed by atoms with Gasteiger partial charge in [-0.2, -0.15) is 8.78 Å². The lowest BCUT2D eigenvalue weighted by Crippen LogP contribution is -2.21. The highest BCUT2D eigenvalue weighted by Gasteiger charge is 2.26. The van der Waals surface area contributed by atoms with Crippen LogP contribution in [-0.4, -0.2) is 24.8 Å². The lowest BCUT2D eigenvalue weighted by molar-refractivity contribution is -0.0498. The van der Waals surface area contributed by atoms with Gasteiger partial charge in [0.1, 0.15) is 10.8 Å². The molecule has 1 aromatic carbocycles. The first kappa shape index (κ1) is 20.5. The van der Waals surface area contributed by atoms with Crippen molar-refractivity contribution in [3.8, 4) is 5.75 Å². The topological polar surface area (TPSA) is 59.6 Å². The van der Waals surface area contributed by atoms with Crippen molar-refractivity contribution in [3.05, 3.63) is 39.8 Å². The minimum atomic E-state index is -2.87. The molecule has 1 heterocycles. The minimum absolute atomic E-state index is 0.0795. The zero-order valence-electron chi connectivity index (χ0n) is 15.4. The van der Waals surface area contributed by atoms with E-state index in [4.69, 9.17) is 17.0 Å². The molecule has 0 spiro atoms. The summed E-state index contributed by atoms with van der Waals surface area (Å²) in [5.41, 5.74) is 2.93. The number of alkyl halides is 2. The number of ether oxygens (including phenoxy) is 2. The van der Waals surface area contributed by atoms with Gasteiger partial charge >= 0.3 is 12.6 Å². The number of carbonyl (C=O) groups is 1. The lowest BCUT2D eigenvalue weighted by Gasteiger charge is -2.14. The molecular weight excluding hydrogens is 406 g/mol. The molecule has 0 saturated heterocycles. The maximum Gasteiger partial charge on any atom is 0.387 e. The van der Waals surface area contributed by atoms with Gasteiger partial charge in [-0.1, -0.05) is 0 Å². The molecule has 3 rings (SSSR count). The van der Waals surface area contributed by atoms with Gasteiger partial charge in [0.05, 0.1) is 12.7 Å². The molecule has 1 aromatic heterocycles. The van der Waals surface area contributed by atoms with Crippen LogP contribution in [0.15, 0.2) is 18.2 Å². The van der Waals surface area contributed by atoms with E-state index in [2.05, 4.69) is 15.4 Å². The molecule has 1 aliphatic rings. The second kappa shape index (κ2) is 8.83. The number of benzene rings is 1. The Morgan fingerprint density at radius 3 is 2.68 bits per heavy atom. The van der Waals surface area contributed by atoms with Crippen LogP contribution in [0.1, 0.15) is 39.2 Å². The van der Waals surface area contributed by atoms with Gasteiger partial charge in [-0.05, 0) is 74.2 Å². The van der Waals surface area contributed by atoms with Crippen molar-refractivity contribution < 1.29 is 23.0 Å². The number of hydrogen-bond acceptors (Lipinski definition) is 5. The first-order valence-corrected chi connectivity index (χ1v) is 9.98. The van der Waals surface area contributed by atoms with Crippen molar-refractivity contribution in [1.29, 1.82) is 0 Å². The number of carbonyl (C=O) groups excluding carboxylic acids is 1. The quantitative estimate of drug-likeness (QED) is 0.510. The molecule has 9 heteroatoms. The van der Waals surface area contributed by atoms with Crippen LogP contribution in [0.5, 0.6) is 5.75 Å². The lowest BCUT2D eigenvalue weighted by atomic mass is 9.95. The van der Waals surface area contributed by atoms with E-state index in [1.165, 1.54) is 35.5 Å². The van der Waals surface area contributed by atoms with E-state index < -0.39 is 6.61 Å². The summed E-state index contributed by atoms with van der Waals surface area (Å²) in [5.74, 6) is -0.301. The normalized spacial score (nSPS) is 13.0. The fourth-order valence-electron chi connectivity index (χ4n) is 3.18. The van der Waals surface area contributed by atoms with E-state index in [1.807, 2.05) is 0 Å². The van der Waals surface area contributed by atoms with E-state index in [-0.39, 0.29) is 11.7 Å². The Kier molecular flexibility index (Phi) is 6.46. The predicted octanol–water partition coefficient (Wildman–Crippen LogP) is 5.13. The summed E-state index contributed by atoms with van der Waals surface area (Å²) in [4.78, 5) is 13.5. The number of rotatable bonds is 5. The Balaban J connectivity index is 1.77. The van der Waals surface area contributed by atoms with E-state index in [0.717, 1.165) is 31.2 Å². The summed E-state index contributed by atoms with van der Waals surface area (Å²) in [5, 5.41) is 7.09. The number of fused-ring (bicyclic) bond motifs is 1. The molecule has 28 heavy (non-hydrogen) atoms. The maximum atomic E-state index is 12.3. The standard InChI is InChI=1S/C19H20F2N2O3S2/c1-10-9-11(26-18(20)21)7-8-13(10)22-19(27)23-16-15(17(24)25-2)12-5-3-4-6-14(12)28-16/h7-9,18H,3-6H2,1-2H3,(H2,22,23,27). The zero-order chi connectivity index (χ0) is 20.3. The van der Waals surface area contributed by atoms with E-state index in [1.54, 1.807) is 13.0 Å². The second-order valence-electron chi connectivity index (χ2n) is 6.34. The largest absolute Gasteiger partial charge is 0.465 e. The van der Waals surface area contributed by atoms with Crippen molar-refractivity contribution in [1.82, 2.24) is 0 Å². The van der Waals surface area contributed by atoms with Gasteiger partial charge < -0.3 is 20.1 Å². The van der Waals surface area contributed by atoms with Crippen LogP contribution in [0.25, 0.3) is 0 Å². The number of hydrogen-bond donors (Lipinski definition) is 2. The van der Waals surface area contributed by atoms with Crippen LogP contribution in [-0.2, 0) is 17.6 Å². The van der Waals surface area contributed by atoms with Gasteiger partial charge in [-0.15, -0.1) is 11.3 Å². The summed E-state index contributed by atoms with van der Waals surface area (Å²) < 4.78 is 34.0. The molecular formula is C19H20F2N2O3S2. The summed E-state index contributed by atoms with van der Waals surface area (Å²) >= 11 is 6.90. The number of thiophene rings is 1. The van der Waals surface area contributed by atoms with E-state index >= 15 is 0 Å². The average molecular weight is 427 g/mol. The molecule has 5 nitrogen and oxygen atoms in total. The first-order valence-electron chi connectivity index (χ1n) is 8.75. The van der Waals surface area contributed by atoms with Gasteiger partial charge in [0.25, 0.3) is 0 Å². The number of aryl methyl sites for hydroxylation is 2. The van der Waals surface area contributed by atoms with Crippen LogP contribution >= 0.6 is 23.6 Å². The van der Waals surface area contributed by atoms with Crippen molar-refractivity contribution in [2.75, 3.05) is 17.7 Å². The molecule has 0 amide bonds. The molecule has 0 unspecified atom stereocenters. The summed E-state index contributed by atoms with van der Waals surface area (Å²) in [6, 6.07) is 4.55. The fraction of sp³-hybridized carbons (Fsp3) is 0.368. The molecule has 0 fully saturated rings. The number of halogens is 2. The van der Waals surface area contributed by atoms with Crippen molar-refractivity contribution in [3.63, 3.8) is 0 Å². The first-order chi connectivity index (χ1) is 13.4. The maximum absolute atomic E-state index is 12.3. The van der Waals surface area contributed by atoms with Crippen LogP contribution in [0.3, 0.4) is 0 Å². The minimum Gasteiger partial charge on any atom is -0.465 e. The van der Waals surface area contributed by atoms with Gasteiger partial charge in [-0.3, -0.25) is 0 Å². The molecule has 0 atom stereocenters.